The number of ether oxygens (including phenoxy) is 1. The molecule has 2 atom stereocenters. The van der Waals surface area contributed by atoms with E-state index < -0.39 is 0 Å². The topological polar surface area (TPSA) is 81.1 Å². The normalized spacial score (nSPS) is 25.7. The fraction of sp³-hybridized carbons (Fsp3) is 0.824. The molecule has 8 heteroatoms. The second-order valence-electron chi connectivity index (χ2n) is 6.99. The zero-order valence-electron chi connectivity index (χ0n) is 15.3. The first-order valence-corrected chi connectivity index (χ1v) is 9.10. The first kappa shape index (κ1) is 20.1. The molecule has 0 aromatic carbocycles. The lowest BCUT2D eigenvalue weighted by molar-refractivity contribution is -0.120. The van der Waals surface area contributed by atoms with Gasteiger partial charge in [-0.25, -0.2) is 4.68 Å². The summed E-state index contributed by atoms with van der Waals surface area (Å²) in [4.78, 5) is 12.6. The molecular formula is C17H30ClN5O2. The van der Waals surface area contributed by atoms with Gasteiger partial charge in [0.25, 0.3) is 5.91 Å². The second kappa shape index (κ2) is 8.47. The smallest absolute Gasteiger partial charge is 0.273 e. The van der Waals surface area contributed by atoms with E-state index >= 15 is 0 Å². The maximum Gasteiger partial charge on any atom is 0.273 e. The quantitative estimate of drug-likeness (QED) is 0.798. The number of amides is 1. The number of methoxy groups -OCH3 is 1. The molecule has 1 amide bonds. The van der Waals surface area contributed by atoms with Crippen molar-refractivity contribution in [1.82, 2.24) is 25.6 Å². The van der Waals surface area contributed by atoms with Crippen LogP contribution in [0.15, 0.2) is 6.20 Å². The van der Waals surface area contributed by atoms with Crippen molar-refractivity contribution in [3.05, 3.63) is 11.9 Å². The number of hydrogen-bond donors (Lipinski definition) is 2. The molecule has 1 aliphatic heterocycles. The van der Waals surface area contributed by atoms with Crippen molar-refractivity contribution in [2.75, 3.05) is 20.2 Å². The van der Waals surface area contributed by atoms with Gasteiger partial charge in [0.1, 0.15) is 0 Å². The molecule has 1 saturated heterocycles. The zero-order chi connectivity index (χ0) is 17.2. The Hall–Kier alpha value is -1.18. The van der Waals surface area contributed by atoms with Crippen molar-refractivity contribution in [3.63, 3.8) is 0 Å². The third-order valence-corrected chi connectivity index (χ3v) is 6.12. The van der Waals surface area contributed by atoms with E-state index in [1.807, 2.05) is 4.68 Å². The molecule has 2 heterocycles. The molecule has 25 heavy (non-hydrogen) atoms. The minimum absolute atomic E-state index is 0. The SMILES string of the molecule is CCC1(CC)C(NC(=O)c2cn(C3CCNCC3)nn2)CC1OC.Cl. The molecule has 2 N–H and O–H groups in total. The summed E-state index contributed by atoms with van der Waals surface area (Å²) in [5.41, 5.74) is 0.450. The Kier molecular flexibility index (Phi) is 6.82. The summed E-state index contributed by atoms with van der Waals surface area (Å²) in [6.45, 7) is 6.31. The predicted octanol–water partition coefficient (Wildman–Crippen LogP) is 1.95. The molecule has 0 spiro atoms. The fourth-order valence-corrected chi connectivity index (χ4v) is 4.34. The lowest BCUT2D eigenvalue weighted by atomic mass is 9.58. The van der Waals surface area contributed by atoms with Crippen molar-refractivity contribution in [2.45, 2.75) is 64.1 Å². The van der Waals surface area contributed by atoms with Crippen LogP contribution in [0, 0.1) is 5.41 Å². The molecule has 2 aliphatic rings. The van der Waals surface area contributed by atoms with E-state index in [9.17, 15) is 4.79 Å². The Morgan fingerprint density at radius 1 is 1.40 bits per heavy atom. The van der Waals surface area contributed by atoms with Gasteiger partial charge in [0.05, 0.1) is 18.3 Å². The van der Waals surface area contributed by atoms with Gasteiger partial charge in [-0.3, -0.25) is 4.79 Å². The first-order chi connectivity index (χ1) is 11.6. The zero-order valence-corrected chi connectivity index (χ0v) is 16.1. The van der Waals surface area contributed by atoms with Crippen LogP contribution < -0.4 is 10.6 Å². The third kappa shape index (κ3) is 3.68. The number of carbonyl (C=O) groups is 1. The highest BCUT2D eigenvalue weighted by Gasteiger charge is 2.53. The van der Waals surface area contributed by atoms with Crippen molar-refractivity contribution >= 4 is 18.3 Å². The average molecular weight is 372 g/mol. The van der Waals surface area contributed by atoms with E-state index in [4.69, 9.17) is 4.74 Å². The molecule has 1 aromatic heterocycles. The van der Waals surface area contributed by atoms with Crippen LogP contribution in [0.25, 0.3) is 0 Å². The minimum Gasteiger partial charge on any atom is -0.381 e. The molecule has 3 rings (SSSR count). The van der Waals surface area contributed by atoms with Gasteiger partial charge < -0.3 is 15.4 Å². The lowest BCUT2D eigenvalue weighted by Crippen LogP contribution is -2.64. The van der Waals surface area contributed by atoms with Gasteiger partial charge in [0, 0.05) is 18.6 Å². The predicted molar refractivity (Wildman–Crippen MR) is 98.1 cm³/mol. The standard InChI is InChI=1S/C17H29N5O2.ClH/c1-4-17(5-2)14(10-15(17)24-3)19-16(23)13-11-22(21-20-13)12-6-8-18-9-7-12;/h11-12,14-15,18H,4-10H2,1-3H3,(H,19,23);1H. The van der Waals surface area contributed by atoms with Crippen molar-refractivity contribution < 1.29 is 9.53 Å². The molecule has 7 nitrogen and oxygen atoms in total. The highest BCUT2D eigenvalue weighted by atomic mass is 35.5. The molecule has 1 aliphatic carbocycles. The number of hydrogen-bond acceptors (Lipinski definition) is 5. The van der Waals surface area contributed by atoms with E-state index in [0.29, 0.717) is 11.7 Å². The molecule has 2 unspecified atom stereocenters. The summed E-state index contributed by atoms with van der Waals surface area (Å²) in [6, 6.07) is 0.487. The van der Waals surface area contributed by atoms with Gasteiger partial charge in [0.15, 0.2) is 5.69 Å². The van der Waals surface area contributed by atoms with Crippen LogP contribution in [0.1, 0.15) is 62.5 Å². The Labute approximate surface area is 155 Å². The van der Waals surface area contributed by atoms with Crippen LogP contribution in [0.5, 0.6) is 0 Å². The number of aromatic nitrogens is 3. The van der Waals surface area contributed by atoms with Crippen LogP contribution >= 0.6 is 12.4 Å². The average Bonchev–Trinajstić information content (AvgIpc) is 3.10. The largest absolute Gasteiger partial charge is 0.381 e. The maximum atomic E-state index is 12.6. The van der Waals surface area contributed by atoms with Crippen LogP contribution in [-0.4, -0.2) is 53.2 Å². The molecular weight excluding hydrogens is 342 g/mol. The number of carbonyl (C=O) groups excluding carboxylic acids is 1. The maximum absolute atomic E-state index is 12.6. The molecule has 0 bridgehead atoms. The van der Waals surface area contributed by atoms with Crippen molar-refractivity contribution in [1.29, 1.82) is 0 Å². The van der Waals surface area contributed by atoms with Crippen molar-refractivity contribution in [3.8, 4) is 0 Å². The highest BCUT2D eigenvalue weighted by Crippen LogP contribution is 2.48. The molecule has 0 radical (unpaired) electrons. The van der Waals surface area contributed by atoms with E-state index in [2.05, 4.69) is 34.8 Å². The molecule has 2 fully saturated rings. The second-order valence-corrected chi connectivity index (χ2v) is 6.99. The molecule has 142 valence electrons. The molecule has 1 saturated carbocycles. The number of rotatable bonds is 6. The Morgan fingerprint density at radius 2 is 2.08 bits per heavy atom. The van der Waals surface area contributed by atoms with Gasteiger partial charge in [-0.15, -0.1) is 17.5 Å². The number of piperidine rings is 1. The number of nitrogens with one attached hydrogen (secondary N) is 2. The summed E-state index contributed by atoms with van der Waals surface area (Å²) < 4.78 is 7.44. The highest BCUT2D eigenvalue weighted by molar-refractivity contribution is 5.92. The van der Waals surface area contributed by atoms with Crippen LogP contribution in [-0.2, 0) is 4.74 Å². The van der Waals surface area contributed by atoms with E-state index in [1.165, 1.54) is 0 Å². The van der Waals surface area contributed by atoms with Crippen LogP contribution in [0.3, 0.4) is 0 Å². The first-order valence-electron chi connectivity index (χ1n) is 9.10. The Morgan fingerprint density at radius 3 is 2.68 bits per heavy atom. The van der Waals surface area contributed by atoms with Crippen molar-refractivity contribution in [2.24, 2.45) is 5.41 Å². The van der Waals surface area contributed by atoms with Gasteiger partial charge in [-0.05, 0) is 45.2 Å². The third-order valence-electron chi connectivity index (χ3n) is 6.12. The minimum atomic E-state index is -0.124. The van der Waals surface area contributed by atoms with Crippen LogP contribution in [0.2, 0.25) is 0 Å². The fourth-order valence-electron chi connectivity index (χ4n) is 4.34. The van der Waals surface area contributed by atoms with Gasteiger partial charge in [0.2, 0.25) is 0 Å². The lowest BCUT2D eigenvalue weighted by Gasteiger charge is -2.55. The number of nitrogens with zero attached hydrogens (tertiary/aromatic N) is 3. The Balaban J connectivity index is 0.00000225. The van der Waals surface area contributed by atoms with Gasteiger partial charge in [-0.1, -0.05) is 19.1 Å². The summed E-state index contributed by atoms with van der Waals surface area (Å²) in [6.07, 6.45) is 6.92. The summed E-state index contributed by atoms with van der Waals surface area (Å²) >= 11 is 0. The Bertz CT molecular complexity index is 569. The summed E-state index contributed by atoms with van der Waals surface area (Å²) in [5.74, 6) is -0.124. The van der Waals surface area contributed by atoms with Gasteiger partial charge in [-0.2, -0.15) is 0 Å². The summed E-state index contributed by atoms with van der Waals surface area (Å²) in [5, 5.41) is 14.8. The van der Waals surface area contributed by atoms with E-state index in [-0.39, 0.29) is 35.9 Å². The summed E-state index contributed by atoms with van der Waals surface area (Å²) in [7, 11) is 1.76. The van der Waals surface area contributed by atoms with Crippen LogP contribution in [0.4, 0.5) is 0 Å². The van der Waals surface area contributed by atoms with E-state index in [0.717, 1.165) is 45.2 Å². The van der Waals surface area contributed by atoms with Gasteiger partial charge >= 0.3 is 0 Å². The molecule has 1 aromatic rings. The monoisotopic (exact) mass is 371 g/mol. The van der Waals surface area contributed by atoms with E-state index in [1.54, 1.807) is 13.3 Å². The number of halogens is 1.